The zero-order valence-corrected chi connectivity index (χ0v) is 16.4. The van der Waals surface area contributed by atoms with Gasteiger partial charge in [-0.25, -0.2) is 4.79 Å². The highest BCUT2D eigenvalue weighted by atomic mass is 16.2. The van der Waals surface area contributed by atoms with Crippen LogP contribution in [0.15, 0.2) is 39.9 Å². The molecule has 1 saturated heterocycles. The van der Waals surface area contributed by atoms with E-state index in [2.05, 4.69) is 0 Å². The highest BCUT2D eigenvalue weighted by Gasteiger charge is 2.26. The Bertz CT molecular complexity index is 939. The maximum absolute atomic E-state index is 13.0. The maximum Gasteiger partial charge on any atom is 0.332 e. The van der Waals surface area contributed by atoms with Gasteiger partial charge in [0, 0.05) is 6.54 Å². The molecule has 7 nitrogen and oxygen atoms in total. The van der Waals surface area contributed by atoms with Crippen LogP contribution in [-0.2, 0) is 13.1 Å². The summed E-state index contributed by atoms with van der Waals surface area (Å²) in [4.78, 5) is 39.8. The van der Waals surface area contributed by atoms with E-state index in [0.717, 1.165) is 36.1 Å². The highest BCUT2D eigenvalue weighted by Crippen LogP contribution is 2.09. The molecular weight excluding hydrogens is 356 g/mol. The molecule has 3 rings (SSSR count). The Morgan fingerprint density at radius 1 is 1.04 bits per heavy atom. The number of aromatic nitrogens is 2. The predicted molar refractivity (Wildman–Crippen MR) is 109 cm³/mol. The number of nitrogen functional groups attached to an aromatic ring is 1. The fourth-order valence-electron chi connectivity index (χ4n) is 3.90. The maximum atomic E-state index is 13.0. The SMILES string of the molecule is CCn1c(=O)c(C(=O)C[NH+]2CCCCCC2)c(N)n(Cc2ccccc2)c1=O. The molecule has 3 N–H and O–H groups in total. The molecule has 2 heterocycles. The molecule has 0 spiro atoms. The second-order valence-electron chi connectivity index (χ2n) is 7.43. The van der Waals surface area contributed by atoms with Gasteiger partial charge in [-0.3, -0.25) is 18.7 Å². The number of hydrogen-bond acceptors (Lipinski definition) is 4. The Kier molecular flexibility index (Phi) is 6.46. The Balaban J connectivity index is 2.00. The molecule has 1 aliphatic heterocycles. The molecule has 0 bridgehead atoms. The van der Waals surface area contributed by atoms with Crippen LogP contribution in [0.4, 0.5) is 5.82 Å². The summed E-state index contributed by atoms with van der Waals surface area (Å²) in [5.41, 5.74) is 5.99. The molecular formula is C21H29N4O3+. The standard InChI is InChI=1S/C21H28N4O3/c1-2-24-20(27)18(17(26)15-23-12-8-3-4-9-13-23)19(22)25(21(24)28)14-16-10-6-5-7-11-16/h5-7,10-11H,2-4,8-9,12-15,22H2,1H3/p+1. The van der Waals surface area contributed by atoms with E-state index >= 15 is 0 Å². The van der Waals surface area contributed by atoms with Gasteiger partial charge < -0.3 is 10.6 Å². The van der Waals surface area contributed by atoms with E-state index in [-0.39, 0.29) is 36.8 Å². The first-order chi connectivity index (χ1) is 13.5. The van der Waals surface area contributed by atoms with Gasteiger partial charge >= 0.3 is 5.69 Å². The number of nitrogens with zero attached hydrogens (tertiary/aromatic N) is 2. The molecule has 1 fully saturated rings. The lowest BCUT2D eigenvalue weighted by Crippen LogP contribution is -3.12. The monoisotopic (exact) mass is 385 g/mol. The Morgan fingerprint density at radius 3 is 2.29 bits per heavy atom. The van der Waals surface area contributed by atoms with Crippen molar-refractivity contribution in [3.8, 4) is 0 Å². The molecule has 0 atom stereocenters. The molecule has 0 unspecified atom stereocenters. The van der Waals surface area contributed by atoms with Crippen molar-refractivity contribution < 1.29 is 9.69 Å². The van der Waals surface area contributed by atoms with E-state index in [9.17, 15) is 14.4 Å². The minimum atomic E-state index is -0.575. The summed E-state index contributed by atoms with van der Waals surface area (Å²) in [5, 5.41) is 0. The summed E-state index contributed by atoms with van der Waals surface area (Å²) in [6.45, 7) is 4.24. The molecule has 0 radical (unpaired) electrons. The largest absolute Gasteiger partial charge is 0.384 e. The molecule has 1 aromatic carbocycles. The van der Waals surface area contributed by atoms with Crippen molar-refractivity contribution in [3.63, 3.8) is 0 Å². The molecule has 1 aromatic heterocycles. The second-order valence-corrected chi connectivity index (χ2v) is 7.43. The first kappa shape index (κ1) is 20.1. The van der Waals surface area contributed by atoms with E-state index < -0.39 is 11.2 Å². The number of nitrogens with two attached hydrogens (primary N) is 1. The number of benzene rings is 1. The van der Waals surface area contributed by atoms with Gasteiger partial charge in [0.25, 0.3) is 5.56 Å². The van der Waals surface area contributed by atoms with Crippen LogP contribution >= 0.6 is 0 Å². The number of quaternary nitrogens is 1. The van der Waals surface area contributed by atoms with Gasteiger partial charge in [0.05, 0.1) is 19.6 Å². The van der Waals surface area contributed by atoms with Crippen LogP contribution in [0, 0.1) is 0 Å². The minimum Gasteiger partial charge on any atom is -0.384 e. The predicted octanol–water partition coefficient (Wildman–Crippen LogP) is 0.302. The lowest BCUT2D eigenvalue weighted by atomic mass is 10.1. The summed E-state index contributed by atoms with van der Waals surface area (Å²) in [6.07, 6.45) is 4.55. The summed E-state index contributed by atoms with van der Waals surface area (Å²) in [6, 6.07) is 9.41. The van der Waals surface area contributed by atoms with Gasteiger partial charge in [-0.05, 0) is 38.2 Å². The number of ketones is 1. The average molecular weight is 385 g/mol. The Morgan fingerprint density at radius 2 is 1.68 bits per heavy atom. The molecule has 150 valence electrons. The number of nitrogens with one attached hydrogen (secondary N) is 1. The van der Waals surface area contributed by atoms with Crippen molar-refractivity contribution in [2.45, 2.75) is 45.7 Å². The number of likely N-dealkylation sites (tertiary alicyclic amines) is 1. The van der Waals surface area contributed by atoms with Crippen molar-refractivity contribution in [1.82, 2.24) is 9.13 Å². The molecule has 0 aliphatic carbocycles. The van der Waals surface area contributed by atoms with Crippen molar-refractivity contribution in [3.05, 3.63) is 62.3 Å². The van der Waals surface area contributed by atoms with Gasteiger partial charge in [-0.1, -0.05) is 30.3 Å². The second kappa shape index (κ2) is 9.01. The number of Topliss-reactive ketones (excluding diaryl/α,β-unsaturated/α-hetero) is 1. The first-order valence-electron chi connectivity index (χ1n) is 10.1. The van der Waals surface area contributed by atoms with Crippen molar-refractivity contribution in [1.29, 1.82) is 0 Å². The topological polar surface area (TPSA) is 91.5 Å². The van der Waals surface area contributed by atoms with Crippen molar-refractivity contribution >= 4 is 11.6 Å². The van der Waals surface area contributed by atoms with E-state index in [0.29, 0.717) is 0 Å². The summed E-state index contributed by atoms with van der Waals surface area (Å²) in [5.74, 6) is -0.300. The quantitative estimate of drug-likeness (QED) is 0.700. The van der Waals surface area contributed by atoms with Crippen LogP contribution in [0.1, 0.15) is 48.5 Å². The van der Waals surface area contributed by atoms with Crippen LogP contribution in [-0.4, -0.2) is 34.6 Å². The molecule has 28 heavy (non-hydrogen) atoms. The smallest absolute Gasteiger partial charge is 0.332 e. The van der Waals surface area contributed by atoms with Crippen LogP contribution in [0.5, 0.6) is 0 Å². The molecule has 1 aliphatic rings. The zero-order chi connectivity index (χ0) is 20.1. The van der Waals surface area contributed by atoms with E-state index in [1.807, 2.05) is 30.3 Å². The van der Waals surface area contributed by atoms with Crippen LogP contribution in [0.25, 0.3) is 0 Å². The highest BCUT2D eigenvalue weighted by molar-refractivity contribution is 6.00. The van der Waals surface area contributed by atoms with E-state index in [4.69, 9.17) is 5.73 Å². The Labute approximate surface area is 164 Å². The van der Waals surface area contributed by atoms with Gasteiger partial charge in [0.1, 0.15) is 17.9 Å². The summed E-state index contributed by atoms with van der Waals surface area (Å²) in [7, 11) is 0. The number of rotatable bonds is 6. The number of carbonyl (C=O) groups excluding carboxylic acids is 1. The van der Waals surface area contributed by atoms with Crippen LogP contribution in [0.3, 0.4) is 0 Å². The fraction of sp³-hybridized carbons (Fsp3) is 0.476. The number of hydrogen-bond donors (Lipinski definition) is 2. The first-order valence-corrected chi connectivity index (χ1v) is 10.1. The van der Waals surface area contributed by atoms with Crippen molar-refractivity contribution in [2.75, 3.05) is 25.4 Å². The molecule has 0 amide bonds. The Hall–Kier alpha value is -2.67. The molecule has 2 aromatic rings. The number of carbonyl (C=O) groups is 1. The van der Waals surface area contributed by atoms with Gasteiger partial charge in [0.2, 0.25) is 5.78 Å². The van der Waals surface area contributed by atoms with Crippen LogP contribution in [0.2, 0.25) is 0 Å². The van der Waals surface area contributed by atoms with Crippen LogP contribution < -0.4 is 21.9 Å². The van der Waals surface area contributed by atoms with Gasteiger partial charge in [0.15, 0.2) is 0 Å². The lowest BCUT2D eigenvalue weighted by Gasteiger charge is -2.18. The lowest BCUT2D eigenvalue weighted by molar-refractivity contribution is -0.890. The molecule has 0 saturated carbocycles. The summed E-state index contributed by atoms with van der Waals surface area (Å²) < 4.78 is 2.44. The van der Waals surface area contributed by atoms with Crippen molar-refractivity contribution in [2.24, 2.45) is 0 Å². The fourth-order valence-corrected chi connectivity index (χ4v) is 3.90. The molecule has 7 heteroatoms. The third kappa shape index (κ3) is 4.25. The zero-order valence-electron chi connectivity index (χ0n) is 16.4. The third-order valence-electron chi connectivity index (χ3n) is 5.47. The summed E-state index contributed by atoms with van der Waals surface area (Å²) >= 11 is 0. The normalized spacial score (nSPS) is 15.3. The number of anilines is 1. The minimum absolute atomic E-state index is 0.0252. The van der Waals surface area contributed by atoms with E-state index in [1.165, 1.54) is 22.3 Å². The third-order valence-corrected chi connectivity index (χ3v) is 5.47. The van der Waals surface area contributed by atoms with E-state index in [1.54, 1.807) is 6.92 Å². The van der Waals surface area contributed by atoms with Gasteiger partial charge in [-0.15, -0.1) is 0 Å². The van der Waals surface area contributed by atoms with Gasteiger partial charge in [-0.2, -0.15) is 0 Å². The average Bonchev–Trinajstić information content (AvgIpc) is 2.95.